The average molecular weight is 386 g/mol. The summed E-state index contributed by atoms with van der Waals surface area (Å²) in [5.41, 5.74) is 4.14. The zero-order valence-corrected chi connectivity index (χ0v) is 16.9. The summed E-state index contributed by atoms with van der Waals surface area (Å²) in [5.74, 6) is 11.6. The zero-order valence-electron chi connectivity index (χ0n) is 16.9. The summed E-state index contributed by atoms with van der Waals surface area (Å²) in [4.78, 5) is 0. The fraction of sp³-hybridized carbons (Fsp3) is 0.333. The summed E-state index contributed by atoms with van der Waals surface area (Å²) in [6.07, 6.45) is 15.3. The first-order valence-corrected chi connectivity index (χ1v) is 10.3. The van der Waals surface area contributed by atoms with Crippen LogP contribution in [0.5, 0.6) is 0 Å². The lowest BCUT2D eigenvalue weighted by atomic mass is 9.60. The standard InChI is InChI=1S/C27H24F2/c1-3-4-5-6-8-22-18-23-9-7-15-27(19(22)2)16-14-21(26(23)27)12-10-20-11-13-24(28)25(29)17-20/h7,9,11,13-14,16-19,21H,3-5,15H2,1-2H3/t19-,21?,27-/m0/s1. The van der Waals surface area contributed by atoms with Crippen molar-refractivity contribution in [3.05, 3.63) is 82.5 Å². The quantitative estimate of drug-likeness (QED) is 0.309. The van der Waals surface area contributed by atoms with E-state index < -0.39 is 11.6 Å². The maximum absolute atomic E-state index is 13.5. The fourth-order valence-corrected chi connectivity index (χ4v) is 4.52. The number of benzene rings is 1. The van der Waals surface area contributed by atoms with Crippen LogP contribution < -0.4 is 0 Å². The Bertz CT molecular complexity index is 1080. The highest BCUT2D eigenvalue weighted by Crippen LogP contribution is 2.57. The Morgan fingerprint density at radius 3 is 2.83 bits per heavy atom. The molecule has 3 atom stereocenters. The van der Waals surface area contributed by atoms with Gasteiger partial charge in [0.2, 0.25) is 0 Å². The van der Waals surface area contributed by atoms with Crippen molar-refractivity contribution in [3.63, 3.8) is 0 Å². The van der Waals surface area contributed by atoms with Gasteiger partial charge in [0.15, 0.2) is 11.6 Å². The summed E-state index contributed by atoms with van der Waals surface area (Å²) in [6.45, 7) is 4.44. The van der Waals surface area contributed by atoms with Gasteiger partial charge in [-0.15, -0.1) is 0 Å². The third kappa shape index (κ3) is 3.49. The summed E-state index contributed by atoms with van der Waals surface area (Å²) in [5, 5.41) is 0. The van der Waals surface area contributed by atoms with Crippen LogP contribution in [-0.2, 0) is 0 Å². The smallest absolute Gasteiger partial charge is 0.160 e. The average Bonchev–Trinajstić information content (AvgIpc) is 3.11. The molecule has 3 aliphatic rings. The topological polar surface area (TPSA) is 0 Å². The molecule has 0 heterocycles. The van der Waals surface area contributed by atoms with Crippen LogP contribution in [-0.4, -0.2) is 0 Å². The first-order chi connectivity index (χ1) is 14.0. The van der Waals surface area contributed by atoms with E-state index in [1.807, 2.05) is 0 Å². The van der Waals surface area contributed by atoms with Crippen molar-refractivity contribution in [2.45, 2.75) is 39.5 Å². The Morgan fingerprint density at radius 1 is 1.17 bits per heavy atom. The van der Waals surface area contributed by atoms with Gasteiger partial charge in [0.25, 0.3) is 0 Å². The van der Waals surface area contributed by atoms with Crippen molar-refractivity contribution in [1.82, 2.24) is 0 Å². The third-order valence-corrected chi connectivity index (χ3v) is 6.19. The first kappa shape index (κ1) is 19.5. The normalized spacial score (nSPS) is 26.3. The van der Waals surface area contributed by atoms with E-state index in [0.29, 0.717) is 11.5 Å². The van der Waals surface area contributed by atoms with Crippen LogP contribution in [0.2, 0.25) is 0 Å². The highest BCUT2D eigenvalue weighted by molar-refractivity contribution is 5.61. The minimum absolute atomic E-state index is 0.0173. The zero-order chi connectivity index (χ0) is 20.4. The van der Waals surface area contributed by atoms with Crippen LogP contribution >= 0.6 is 0 Å². The molecule has 0 nitrogen and oxygen atoms in total. The summed E-state index contributed by atoms with van der Waals surface area (Å²) < 4.78 is 26.6. The van der Waals surface area contributed by atoms with E-state index in [1.54, 1.807) is 0 Å². The van der Waals surface area contributed by atoms with E-state index >= 15 is 0 Å². The lowest BCUT2D eigenvalue weighted by Gasteiger charge is -2.42. The summed E-state index contributed by atoms with van der Waals surface area (Å²) >= 11 is 0. The highest BCUT2D eigenvalue weighted by atomic mass is 19.2. The van der Waals surface area contributed by atoms with Crippen LogP contribution in [0.25, 0.3) is 0 Å². The lowest BCUT2D eigenvalue weighted by Crippen LogP contribution is -2.34. The van der Waals surface area contributed by atoms with Crippen LogP contribution in [0.4, 0.5) is 8.78 Å². The number of halogens is 2. The number of unbranched alkanes of at least 4 members (excludes halogenated alkanes) is 2. The molecule has 1 aromatic rings. The van der Waals surface area contributed by atoms with Gasteiger partial charge in [-0.1, -0.05) is 68.3 Å². The molecule has 0 spiro atoms. The van der Waals surface area contributed by atoms with E-state index in [1.165, 1.54) is 22.8 Å². The van der Waals surface area contributed by atoms with Crippen molar-refractivity contribution >= 4 is 0 Å². The monoisotopic (exact) mass is 386 g/mol. The Balaban J connectivity index is 1.68. The van der Waals surface area contributed by atoms with Crippen molar-refractivity contribution < 1.29 is 8.78 Å². The molecule has 146 valence electrons. The van der Waals surface area contributed by atoms with Crippen molar-refractivity contribution in [3.8, 4) is 23.7 Å². The number of rotatable bonds is 2. The van der Waals surface area contributed by atoms with E-state index in [9.17, 15) is 8.78 Å². The molecule has 2 bridgehead atoms. The third-order valence-electron chi connectivity index (χ3n) is 6.19. The summed E-state index contributed by atoms with van der Waals surface area (Å²) in [6, 6.07) is 3.80. The Morgan fingerprint density at radius 2 is 2.03 bits per heavy atom. The first-order valence-electron chi connectivity index (χ1n) is 10.3. The molecule has 0 aliphatic heterocycles. The molecule has 0 amide bonds. The minimum atomic E-state index is -0.863. The maximum atomic E-state index is 13.5. The fourth-order valence-electron chi connectivity index (χ4n) is 4.52. The molecule has 0 fully saturated rings. The molecule has 3 aliphatic carbocycles. The van der Waals surface area contributed by atoms with Gasteiger partial charge in [0.1, 0.15) is 0 Å². The Labute approximate surface area is 172 Å². The molecule has 1 aromatic carbocycles. The molecule has 0 N–H and O–H groups in total. The van der Waals surface area contributed by atoms with E-state index in [2.05, 4.69) is 67.9 Å². The molecule has 0 saturated heterocycles. The largest absolute Gasteiger partial charge is 0.204 e. The Kier molecular flexibility index (Phi) is 5.29. The van der Waals surface area contributed by atoms with Gasteiger partial charge in [0, 0.05) is 28.9 Å². The second kappa shape index (κ2) is 7.88. The van der Waals surface area contributed by atoms with E-state index in [0.717, 1.165) is 37.8 Å². The molecule has 1 unspecified atom stereocenters. The Hall–Kier alpha value is -2.84. The van der Waals surface area contributed by atoms with Crippen LogP contribution in [0, 0.1) is 52.6 Å². The van der Waals surface area contributed by atoms with E-state index in [4.69, 9.17) is 0 Å². The van der Waals surface area contributed by atoms with Gasteiger partial charge in [-0.3, -0.25) is 0 Å². The van der Waals surface area contributed by atoms with Gasteiger partial charge in [-0.2, -0.15) is 0 Å². The predicted molar refractivity (Wildman–Crippen MR) is 114 cm³/mol. The molecule has 0 saturated carbocycles. The van der Waals surface area contributed by atoms with Gasteiger partial charge in [-0.25, -0.2) is 8.78 Å². The molecule has 2 heteroatoms. The molecule has 29 heavy (non-hydrogen) atoms. The van der Waals surface area contributed by atoms with Crippen molar-refractivity contribution in [2.75, 3.05) is 0 Å². The summed E-state index contributed by atoms with van der Waals surface area (Å²) in [7, 11) is 0. The molecular weight excluding hydrogens is 362 g/mol. The molecule has 4 rings (SSSR count). The molecule has 0 radical (unpaired) electrons. The lowest BCUT2D eigenvalue weighted by molar-refractivity contribution is 0.340. The number of hydrogen-bond acceptors (Lipinski definition) is 0. The van der Waals surface area contributed by atoms with Crippen molar-refractivity contribution in [2.24, 2.45) is 17.3 Å². The van der Waals surface area contributed by atoms with E-state index in [-0.39, 0.29) is 11.3 Å². The SMILES string of the molecule is CCCCC#CC1=CC2=C3C(C#Cc4ccc(F)c(F)c4)C=C[C@@]3(CC=C2)[C@H]1C. The van der Waals surface area contributed by atoms with Crippen LogP contribution in [0.1, 0.15) is 45.1 Å². The van der Waals surface area contributed by atoms with Gasteiger partial charge in [0.05, 0.1) is 5.92 Å². The highest BCUT2D eigenvalue weighted by Gasteiger charge is 2.48. The molecule has 0 aromatic heterocycles. The number of hydrogen-bond donors (Lipinski definition) is 0. The predicted octanol–water partition coefficient (Wildman–Crippen LogP) is 6.51. The number of allylic oxidation sites excluding steroid dienone is 8. The second-order valence-corrected chi connectivity index (χ2v) is 7.98. The van der Waals surface area contributed by atoms with Crippen LogP contribution in [0.15, 0.2) is 65.3 Å². The van der Waals surface area contributed by atoms with Gasteiger partial charge >= 0.3 is 0 Å². The van der Waals surface area contributed by atoms with Crippen LogP contribution in [0.3, 0.4) is 0 Å². The second-order valence-electron chi connectivity index (χ2n) is 7.98. The van der Waals surface area contributed by atoms with Crippen molar-refractivity contribution in [1.29, 1.82) is 0 Å². The molecular formula is C27H24F2. The minimum Gasteiger partial charge on any atom is -0.204 e. The van der Waals surface area contributed by atoms with Gasteiger partial charge < -0.3 is 0 Å². The van der Waals surface area contributed by atoms with Gasteiger partial charge in [-0.05, 0) is 48.3 Å². The maximum Gasteiger partial charge on any atom is 0.160 e.